The molecular weight excluding hydrogens is 382 g/mol. The Labute approximate surface area is 172 Å². The van der Waals surface area contributed by atoms with Gasteiger partial charge in [-0.3, -0.25) is 4.79 Å². The minimum atomic E-state index is -0.374. The van der Waals surface area contributed by atoms with Gasteiger partial charge in [-0.2, -0.15) is 0 Å². The van der Waals surface area contributed by atoms with Gasteiger partial charge >= 0.3 is 0 Å². The van der Waals surface area contributed by atoms with Gasteiger partial charge in [0.2, 0.25) is 5.88 Å². The van der Waals surface area contributed by atoms with Crippen LogP contribution in [0.4, 0.5) is 5.82 Å². The number of hydrogen-bond donors (Lipinski definition) is 1. The van der Waals surface area contributed by atoms with E-state index in [4.69, 9.17) is 9.47 Å². The van der Waals surface area contributed by atoms with Crippen molar-refractivity contribution in [1.82, 2.24) is 9.55 Å². The van der Waals surface area contributed by atoms with E-state index in [1.54, 1.807) is 67.9 Å². The normalized spacial score (nSPS) is 11.1. The average molecular weight is 401 g/mol. The molecule has 2 aromatic carbocycles. The highest BCUT2D eigenvalue weighted by Gasteiger charge is 2.19. The van der Waals surface area contributed by atoms with Crippen molar-refractivity contribution in [3.63, 3.8) is 0 Å². The minimum absolute atomic E-state index is 0.248. The van der Waals surface area contributed by atoms with Crippen LogP contribution in [0.3, 0.4) is 0 Å². The molecule has 0 saturated carbocycles. The number of methoxy groups -OCH3 is 2. The van der Waals surface area contributed by atoms with E-state index in [2.05, 4.69) is 9.98 Å². The predicted molar refractivity (Wildman–Crippen MR) is 116 cm³/mol. The SMILES string of the molecule is COc1ccc(-n2c(O)c(C=Nc3ccccn3)c3ccccc3c2=O)c(OC)c1. The molecule has 2 heterocycles. The first kappa shape index (κ1) is 19.2. The Hall–Kier alpha value is -4.13. The van der Waals surface area contributed by atoms with Crippen LogP contribution in [0.25, 0.3) is 16.5 Å². The summed E-state index contributed by atoms with van der Waals surface area (Å²) in [5.74, 6) is 1.19. The number of nitrogens with zero attached hydrogens (tertiary/aromatic N) is 3. The van der Waals surface area contributed by atoms with E-state index in [1.165, 1.54) is 17.9 Å². The molecule has 0 bridgehead atoms. The summed E-state index contributed by atoms with van der Waals surface area (Å²) < 4.78 is 11.9. The molecule has 7 nitrogen and oxygen atoms in total. The fourth-order valence-electron chi connectivity index (χ4n) is 3.24. The number of hydrogen-bond acceptors (Lipinski definition) is 6. The molecule has 4 rings (SSSR count). The van der Waals surface area contributed by atoms with E-state index >= 15 is 0 Å². The molecule has 0 saturated heterocycles. The summed E-state index contributed by atoms with van der Waals surface area (Å²) >= 11 is 0. The van der Waals surface area contributed by atoms with E-state index in [-0.39, 0.29) is 11.4 Å². The Morgan fingerprint density at radius 2 is 1.77 bits per heavy atom. The molecule has 0 aliphatic rings. The van der Waals surface area contributed by atoms with Crippen LogP contribution in [0, 0.1) is 0 Å². The standard InChI is InChI=1S/C23H19N3O4/c1-29-15-10-11-19(20(13-15)30-2)26-22(27)17-8-4-3-7-16(17)18(23(26)28)14-25-21-9-5-6-12-24-21/h3-14,28H,1-2H3. The number of aromatic nitrogens is 2. The zero-order chi connectivity index (χ0) is 21.1. The zero-order valence-electron chi connectivity index (χ0n) is 16.4. The molecule has 30 heavy (non-hydrogen) atoms. The molecule has 7 heteroatoms. The molecule has 0 unspecified atom stereocenters. The van der Waals surface area contributed by atoms with Crippen LogP contribution < -0.4 is 15.0 Å². The second kappa shape index (κ2) is 8.08. The summed E-state index contributed by atoms with van der Waals surface area (Å²) in [4.78, 5) is 21.8. The van der Waals surface area contributed by atoms with Crippen LogP contribution in [0.1, 0.15) is 5.56 Å². The molecule has 150 valence electrons. The van der Waals surface area contributed by atoms with Gasteiger partial charge in [-0.05, 0) is 30.3 Å². The van der Waals surface area contributed by atoms with Crippen molar-refractivity contribution >= 4 is 22.8 Å². The quantitative estimate of drug-likeness (QED) is 0.513. The van der Waals surface area contributed by atoms with Crippen LogP contribution in [0.2, 0.25) is 0 Å². The van der Waals surface area contributed by atoms with Crippen molar-refractivity contribution in [2.75, 3.05) is 14.2 Å². The summed E-state index contributed by atoms with van der Waals surface area (Å²) in [7, 11) is 3.03. The zero-order valence-corrected chi connectivity index (χ0v) is 16.4. The molecule has 0 aliphatic carbocycles. The minimum Gasteiger partial charge on any atom is -0.497 e. The van der Waals surface area contributed by atoms with Crippen LogP contribution in [0.5, 0.6) is 17.4 Å². The second-order valence-corrected chi connectivity index (χ2v) is 6.41. The number of ether oxygens (including phenoxy) is 2. The highest BCUT2D eigenvalue weighted by Crippen LogP contribution is 2.32. The Kier molecular flexibility index (Phi) is 5.17. The van der Waals surface area contributed by atoms with Crippen LogP contribution in [-0.2, 0) is 0 Å². The van der Waals surface area contributed by atoms with Gasteiger partial charge < -0.3 is 14.6 Å². The van der Waals surface area contributed by atoms with Gasteiger partial charge in [0.25, 0.3) is 5.56 Å². The van der Waals surface area contributed by atoms with Gasteiger partial charge in [0.1, 0.15) is 11.5 Å². The lowest BCUT2D eigenvalue weighted by atomic mass is 10.1. The second-order valence-electron chi connectivity index (χ2n) is 6.41. The van der Waals surface area contributed by atoms with Gasteiger partial charge in [0.15, 0.2) is 5.82 Å². The fraction of sp³-hybridized carbons (Fsp3) is 0.0870. The Morgan fingerprint density at radius 1 is 1.00 bits per heavy atom. The largest absolute Gasteiger partial charge is 0.497 e. The van der Waals surface area contributed by atoms with Gasteiger partial charge in [-0.1, -0.05) is 24.3 Å². The molecule has 2 aromatic heterocycles. The van der Waals surface area contributed by atoms with Crippen molar-refractivity contribution in [2.24, 2.45) is 4.99 Å². The molecule has 0 amide bonds. The van der Waals surface area contributed by atoms with Crippen molar-refractivity contribution in [3.8, 4) is 23.1 Å². The van der Waals surface area contributed by atoms with Gasteiger partial charge in [-0.25, -0.2) is 14.5 Å². The maximum atomic E-state index is 13.3. The van der Waals surface area contributed by atoms with Gasteiger partial charge in [-0.15, -0.1) is 0 Å². The first-order chi connectivity index (χ1) is 14.6. The van der Waals surface area contributed by atoms with Crippen molar-refractivity contribution < 1.29 is 14.6 Å². The molecule has 0 fully saturated rings. The number of rotatable bonds is 5. The number of aromatic hydroxyl groups is 1. The highest BCUT2D eigenvalue weighted by atomic mass is 16.5. The number of aliphatic imine (C=N–C) groups is 1. The Balaban J connectivity index is 2.00. The molecule has 0 spiro atoms. The molecule has 1 N–H and O–H groups in total. The highest BCUT2D eigenvalue weighted by molar-refractivity contribution is 6.02. The molecule has 0 aliphatic heterocycles. The van der Waals surface area contributed by atoms with E-state index in [0.29, 0.717) is 39.3 Å². The summed E-state index contributed by atoms with van der Waals surface area (Å²) in [6.07, 6.45) is 3.14. The maximum absolute atomic E-state index is 13.3. The lowest BCUT2D eigenvalue weighted by Crippen LogP contribution is -2.20. The third kappa shape index (κ3) is 3.37. The maximum Gasteiger partial charge on any atom is 0.265 e. The third-order valence-corrected chi connectivity index (χ3v) is 4.71. The van der Waals surface area contributed by atoms with Gasteiger partial charge in [0, 0.05) is 29.3 Å². The summed E-state index contributed by atoms with van der Waals surface area (Å²) in [6.45, 7) is 0. The lowest BCUT2D eigenvalue weighted by Gasteiger charge is -2.16. The van der Waals surface area contributed by atoms with Crippen LogP contribution in [-0.4, -0.2) is 35.1 Å². The first-order valence-corrected chi connectivity index (χ1v) is 9.18. The van der Waals surface area contributed by atoms with E-state index in [9.17, 15) is 9.90 Å². The smallest absolute Gasteiger partial charge is 0.265 e. The summed E-state index contributed by atoms with van der Waals surface area (Å²) in [6, 6.07) is 17.4. The van der Waals surface area contributed by atoms with Crippen LogP contribution in [0.15, 0.2) is 76.6 Å². The number of fused-ring (bicyclic) bond motifs is 1. The summed E-state index contributed by atoms with van der Waals surface area (Å²) in [5.41, 5.74) is 0.411. The average Bonchev–Trinajstić information content (AvgIpc) is 2.80. The van der Waals surface area contributed by atoms with Crippen molar-refractivity contribution in [2.45, 2.75) is 0 Å². The fourth-order valence-corrected chi connectivity index (χ4v) is 3.24. The van der Waals surface area contributed by atoms with Gasteiger partial charge in [0.05, 0.1) is 25.5 Å². The Bertz CT molecular complexity index is 1300. The topological polar surface area (TPSA) is 85.9 Å². The van der Waals surface area contributed by atoms with Crippen molar-refractivity contribution in [1.29, 1.82) is 0 Å². The summed E-state index contributed by atoms with van der Waals surface area (Å²) in [5, 5.41) is 12.1. The number of benzene rings is 2. The number of pyridine rings is 2. The molecule has 0 radical (unpaired) electrons. The molecule has 4 aromatic rings. The third-order valence-electron chi connectivity index (χ3n) is 4.71. The Morgan fingerprint density at radius 3 is 2.47 bits per heavy atom. The first-order valence-electron chi connectivity index (χ1n) is 9.18. The lowest BCUT2D eigenvalue weighted by molar-refractivity contribution is 0.389. The molecule has 0 atom stereocenters. The monoisotopic (exact) mass is 401 g/mol. The predicted octanol–water partition coefficient (Wildman–Crippen LogP) is 3.86. The molecular formula is C23H19N3O4. The van der Waals surface area contributed by atoms with E-state index < -0.39 is 0 Å². The van der Waals surface area contributed by atoms with Crippen molar-refractivity contribution in [3.05, 3.63) is 82.8 Å². The van der Waals surface area contributed by atoms with E-state index in [0.717, 1.165) is 0 Å². The van der Waals surface area contributed by atoms with Crippen LogP contribution >= 0.6 is 0 Å². The van der Waals surface area contributed by atoms with E-state index in [1.807, 2.05) is 6.07 Å².